The molecule has 0 radical (unpaired) electrons. The Morgan fingerprint density at radius 3 is 2.62 bits per heavy atom. The van der Waals surface area contributed by atoms with E-state index in [9.17, 15) is 9.59 Å². The standard InChI is InChI=1S/C24H31IN6O3/c1-4-30(5-2)12-6-10-28-23(32)29-22-14-19(9-11-27-22)34-18-7-8-21-20(13-18)17(15-25)16-31(21)24(33)26-3/h7-9,11,13-14,16H,4-6,10,12,15H2,1-3H3,(H,26,33)(H2,27,28,29,32). The predicted molar refractivity (Wildman–Crippen MR) is 143 cm³/mol. The number of hydrogen-bond donors (Lipinski definition) is 3. The van der Waals surface area contributed by atoms with Crippen molar-refractivity contribution in [1.29, 1.82) is 0 Å². The number of hydrogen-bond acceptors (Lipinski definition) is 5. The molecule has 2 heterocycles. The molecule has 2 aromatic heterocycles. The van der Waals surface area contributed by atoms with Crippen molar-refractivity contribution >= 4 is 51.4 Å². The number of aromatic nitrogens is 2. The molecular weight excluding hydrogens is 547 g/mol. The zero-order chi connectivity index (χ0) is 24.5. The zero-order valence-corrected chi connectivity index (χ0v) is 21.9. The maximum Gasteiger partial charge on any atom is 0.325 e. The van der Waals surface area contributed by atoms with Crippen LogP contribution in [0.3, 0.4) is 0 Å². The lowest BCUT2D eigenvalue weighted by molar-refractivity contribution is 0.245. The van der Waals surface area contributed by atoms with Crippen LogP contribution in [0.2, 0.25) is 0 Å². The number of carbonyl (C=O) groups excluding carboxylic acids is 2. The summed E-state index contributed by atoms with van der Waals surface area (Å²) < 4.78 is 8.38. The van der Waals surface area contributed by atoms with Gasteiger partial charge in [-0.3, -0.25) is 9.88 Å². The number of pyridine rings is 1. The monoisotopic (exact) mass is 578 g/mol. The van der Waals surface area contributed by atoms with E-state index in [1.807, 2.05) is 24.4 Å². The quantitative estimate of drug-likeness (QED) is 0.182. The number of benzene rings is 1. The Morgan fingerprint density at radius 1 is 1.15 bits per heavy atom. The molecule has 9 nitrogen and oxygen atoms in total. The highest BCUT2D eigenvalue weighted by molar-refractivity contribution is 14.1. The van der Waals surface area contributed by atoms with Crippen molar-refractivity contribution in [2.75, 3.05) is 38.5 Å². The third-order valence-corrected chi connectivity index (χ3v) is 6.30. The van der Waals surface area contributed by atoms with E-state index >= 15 is 0 Å². The van der Waals surface area contributed by atoms with Gasteiger partial charge in [0.25, 0.3) is 0 Å². The lowest BCUT2D eigenvalue weighted by Crippen LogP contribution is -2.32. The molecule has 3 aromatic rings. The molecule has 34 heavy (non-hydrogen) atoms. The van der Waals surface area contributed by atoms with Crippen LogP contribution in [0.15, 0.2) is 42.7 Å². The first-order valence-corrected chi connectivity index (χ1v) is 12.8. The van der Waals surface area contributed by atoms with Gasteiger partial charge in [-0.1, -0.05) is 36.4 Å². The molecule has 0 saturated carbocycles. The normalized spacial score (nSPS) is 11.0. The van der Waals surface area contributed by atoms with Crippen molar-refractivity contribution in [2.24, 2.45) is 0 Å². The van der Waals surface area contributed by atoms with Gasteiger partial charge in [-0.05, 0) is 55.9 Å². The van der Waals surface area contributed by atoms with Gasteiger partial charge in [0, 0.05) is 41.9 Å². The van der Waals surface area contributed by atoms with E-state index < -0.39 is 0 Å². The maximum atomic E-state index is 12.2. The van der Waals surface area contributed by atoms with Crippen molar-refractivity contribution in [3.8, 4) is 11.5 Å². The van der Waals surface area contributed by atoms with Gasteiger partial charge in [0.05, 0.1) is 5.52 Å². The van der Waals surface area contributed by atoms with Gasteiger partial charge in [-0.25, -0.2) is 14.6 Å². The Bertz CT molecular complexity index is 1130. The number of amides is 3. The molecule has 3 amide bonds. The topological polar surface area (TPSA) is 101 Å². The number of carbonyl (C=O) groups is 2. The van der Waals surface area contributed by atoms with Crippen LogP contribution in [0.4, 0.5) is 15.4 Å². The first-order chi connectivity index (χ1) is 16.5. The average molecular weight is 578 g/mol. The summed E-state index contributed by atoms with van der Waals surface area (Å²) in [7, 11) is 1.61. The number of alkyl halides is 1. The van der Waals surface area contributed by atoms with E-state index in [0.717, 1.165) is 46.9 Å². The van der Waals surface area contributed by atoms with Crippen LogP contribution in [0.1, 0.15) is 25.8 Å². The summed E-state index contributed by atoms with van der Waals surface area (Å²) in [6, 6.07) is 8.51. The molecule has 0 unspecified atom stereocenters. The highest BCUT2D eigenvalue weighted by atomic mass is 127. The Morgan fingerprint density at radius 2 is 1.91 bits per heavy atom. The highest BCUT2D eigenvalue weighted by Gasteiger charge is 2.13. The first kappa shape index (κ1) is 25.8. The molecule has 0 aliphatic rings. The van der Waals surface area contributed by atoms with Gasteiger partial charge in [-0.2, -0.15) is 0 Å². The van der Waals surface area contributed by atoms with Crippen LogP contribution in [0.25, 0.3) is 10.9 Å². The molecule has 0 aliphatic carbocycles. The SMILES string of the molecule is CCN(CC)CCCNC(=O)Nc1cc(Oc2ccc3c(c2)c(CI)cn3C(=O)NC)ccn1. The lowest BCUT2D eigenvalue weighted by Gasteiger charge is -2.17. The second kappa shape index (κ2) is 12.6. The minimum absolute atomic E-state index is 0.189. The maximum absolute atomic E-state index is 12.2. The molecule has 10 heteroatoms. The molecule has 3 rings (SSSR count). The van der Waals surface area contributed by atoms with E-state index in [0.29, 0.717) is 23.9 Å². The Labute approximate surface area is 213 Å². The number of nitrogens with one attached hydrogen (secondary N) is 3. The van der Waals surface area contributed by atoms with E-state index in [2.05, 4.69) is 62.3 Å². The smallest absolute Gasteiger partial charge is 0.325 e. The molecule has 0 bridgehead atoms. The number of urea groups is 1. The number of ether oxygens (including phenoxy) is 1. The predicted octanol–water partition coefficient (Wildman–Crippen LogP) is 4.80. The van der Waals surface area contributed by atoms with Crippen molar-refractivity contribution in [3.05, 3.63) is 48.3 Å². The summed E-state index contributed by atoms with van der Waals surface area (Å²) in [6.07, 6.45) is 4.31. The van der Waals surface area contributed by atoms with Crippen LogP contribution in [-0.2, 0) is 4.43 Å². The Kier molecular flexibility index (Phi) is 9.52. The van der Waals surface area contributed by atoms with Gasteiger partial charge in [0.15, 0.2) is 0 Å². The summed E-state index contributed by atoms with van der Waals surface area (Å²) >= 11 is 2.28. The lowest BCUT2D eigenvalue weighted by atomic mass is 10.2. The minimum atomic E-state index is -0.298. The van der Waals surface area contributed by atoms with Gasteiger partial charge < -0.3 is 20.3 Å². The van der Waals surface area contributed by atoms with E-state index in [1.54, 1.807) is 29.9 Å². The summed E-state index contributed by atoms with van der Waals surface area (Å²) in [4.78, 5) is 30.9. The first-order valence-electron chi connectivity index (χ1n) is 11.3. The summed E-state index contributed by atoms with van der Waals surface area (Å²) in [6.45, 7) is 7.81. The number of nitrogens with zero attached hydrogens (tertiary/aromatic N) is 3. The fourth-order valence-corrected chi connectivity index (χ4v) is 4.23. The number of rotatable bonds is 10. The average Bonchev–Trinajstić information content (AvgIpc) is 3.22. The summed E-state index contributed by atoms with van der Waals surface area (Å²) in [5.74, 6) is 1.58. The molecule has 0 atom stereocenters. The molecule has 0 spiro atoms. The number of halogens is 1. The largest absolute Gasteiger partial charge is 0.457 e. The van der Waals surface area contributed by atoms with Crippen LogP contribution in [-0.4, -0.2) is 59.7 Å². The van der Waals surface area contributed by atoms with E-state index in [-0.39, 0.29) is 12.1 Å². The van der Waals surface area contributed by atoms with Crippen molar-refractivity contribution < 1.29 is 14.3 Å². The molecule has 0 saturated heterocycles. The zero-order valence-electron chi connectivity index (χ0n) is 19.7. The van der Waals surface area contributed by atoms with E-state index in [4.69, 9.17) is 4.74 Å². The van der Waals surface area contributed by atoms with Gasteiger partial charge >= 0.3 is 12.1 Å². The van der Waals surface area contributed by atoms with E-state index in [1.165, 1.54) is 0 Å². The second-order valence-electron chi connectivity index (χ2n) is 7.63. The number of anilines is 1. The molecule has 3 N–H and O–H groups in total. The minimum Gasteiger partial charge on any atom is -0.457 e. The summed E-state index contributed by atoms with van der Waals surface area (Å²) in [5, 5.41) is 9.22. The number of fused-ring (bicyclic) bond motifs is 1. The van der Waals surface area contributed by atoms with Crippen molar-refractivity contribution in [2.45, 2.75) is 24.7 Å². The Hall–Kier alpha value is -2.86. The fourth-order valence-electron chi connectivity index (χ4n) is 3.62. The van der Waals surface area contributed by atoms with Crippen molar-refractivity contribution in [3.63, 3.8) is 0 Å². The van der Waals surface area contributed by atoms with Crippen LogP contribution in [0.5, 0.6) is 11.5 Å². The molecule has 0 aliphatic heterocycles. The van der Waals surface area contributed by atoms with Crippen molar-refractivity contribution in [1.82, 2.24) is 25.1 Å². The fraction of sp³-hybridized carbons (Fsp3) is 0.375. The van der Waals surface area contributed by atoms with Gasteiger partial charge in [-0.15, -0.1) is 0 Å². The molecule has 0 fully saturated rings. The second-order valence-corrected chi connectivity index (χ2v) is 8.40. The third-order valence-electron chi connectivity index (χ3n) is 5.47. The third kappa shape index (κ3) is 6.60. The van der Waals surface area contributed by atoms with Crippen LogP contribution < -0.4 is 20.7 Å². The Balaban J connectivity index is 1.63. The van der Waals surface area contributed by atoms with Gasteiger partial charge in [0.1, 0.15) is 17.3 Å². The highest BCUT2D eigenvalue weighted by Crippen LogP contribution is 2.30. The van der Waals surface area contributed by atoms with Crippen LogP contribution >= 0.6 is 22.6 Å². The molecular formula is C24H31IN6O3. The summed E-state index contributed by atoms with van der Waals surface area (Å²) in [5.41, 5.74) is 1.85. The molecule has 182 valence electrons. The van der Waals surface area contributed by atoms with Gasteiger partial charge in [0.2, 0.25) is 0 Å². The van der Waals surface area contributed by atoms with Crippen LogP contribution in [0, 0.1) is 0 Å². The molecule has 1 aromatic carbocycles.